The zero-order valence-corrected chi connectivity index (χ0v) is 9.84. The maximum absolute atomic E-state index is 11.9. The lowest BCUT2D eigenvalue weighted by atomic mass is 10.2. The van der Waals surface area contributed by atoms with E-state index < -0.39 is 5.97 Å². The normalized spacial score (nSPS) is 36.4. The van der Waals surface area contributed by atoms with Gasteiger partial charge in [-0.05, 0) is 25.9 Å². The lowest BCUT2D eigenvalue weighted by Crippen LogP contribution is -2.37. The summed E-state index contributed by atoms with van der Waals surface area (Å²) in [6.45, 7) is 4.68. The Hall–Kier alpha value is -1.10. The number of aliphatic carboxylic acids is 1. The summed E-state index contributed by atoms with van der Waals surface area (Å²) in [4.78, 5) is 27.0. The highest BCUT2D eigenvalue weighted by Gasteiger charge is 2.64. The number of carboxylic acid groups (broad SMARTS) is 1. The van der Waals surface area contributed by atoms with E-state index in [0.29, 0.717) is 6.54 Å². The molecule has 0 aromatic heterocycles. The van der Waals surface area contributed by atoms with E-state index in [0.717, 1.165) is 26.2 Å². The molecule has 94 valence electrons. The van der Waals surface area contributed by atoms with Crippen LogP contribution in [0.4, 0.5) is 0 Å². The summed E-state index contributed by atoms with van der Waals surface area (Å²) < 4.78 is 0. The number of rotatable bonds is 4. The Morgan fingerprint density at radius 3 is 2.53 bits per heavy atom. The molecule has 0 aromatic carbocycles. The van der Waals surface area contributed by atoms with E-state index in [1.54, 1.807) is 0 Å². The van der Waals surface area contributed by atoms with Crippen molar-refractivity contribution in [3.05, 3.63) is 0 Å². The Morgan fingerprint density at radius 2 is 2.00 bits per heavy atom. The molecule has 1 N–H and O–H groups in total. The number of hydrogen-bond donors (Lipinski definition) is 1. The van der Waals surface area contributed by atoms with Crippen LogP contribution in [0.2, 0.25) is 0 Å². The number of nitrogens with zero attached hydrogens (tertiary/aromatic N) is 2. The summed E-state index contributed by atoms with van der Waals surface area (Å²) in [5.74, 6) is -1.22. The highest BCUT2D eigenvalue weighted by Crippen LogP contribution is 2.52. The van der Waals surface area contributed by atoms with Crippen molar-refractivity contribution >= 4 is 11.9 Å². The van der Waals surface area contributed by atoms with Crippen molar-refractivity contribution in [1.82, 2.24) is 9.80 Å². The molecule has 2 aliphatic heterocycles. The van der Waals surface area contributed by atoms with Gasteiger partial charge < -0.3 is 14.9 Å². The predicted octanol–water partition coefficient (Wildman–Crippen LogP) is -0.129. The Morgan fingerprint density at radius 1 is 1.29 bits per heavy atom. The minimum absolute atomic E-state index is 0.0709. The first-order chi connectivity index (χ1) is 8.18. The Labute approximate surface area is 100 Å². The standard InChI is InChI=1S/C12H18N2O3/c15-11-9-8(10(9)12(16)17)7-14(11)6-5-13-3-1-2-4-13/h8-10H,1-7H2,(H,16,17). The van der Waals surface area contributed by atoms with Gasteiger partial charge in [-0.25, -0.2) is 0 Å². The van der Waals surface area contributed by atoms with Gasteiger partial charge in [0.2, 0.25) is 5.91 Å². The lowest BCUT2D eigenvalue weighted by molar-refractivity contribution is -0.142. The van der Waals surface area contributed by atoms with Crippen LogP contribution >= 0.6 is 0 Å². The van der Waals surface area contributed by atoms with Crippen LogP contribution in [0.3, 0.4) is 0 Å². The molecule has 1 aliphatic carbocycles. The maximum atomic E-state index is 11.9. The summed E-state index contributed by atoms with van der Waals surface area (Å²) in [7, 11) is 0. The third-order valence-corrected chi connectivity index (χ3v) is 4.37. The number of hydrogen-bond acceptors (Lipinski definition) is 3. The zero-order valence-electron chi connectivity index (χ0n) is 9.84. The first-order valence-corrected chi connectivity index (χ1v) is 6.42. The van der Waals surface area contributed by atoms with E-state index in [4.69, 9.17) is 5.11 Å². The summed E-state index contributed by atoms with van der Waals surface area (Å²) in [5, 5.41) is 8.89. The van der Waals surface area contributed by atoms with E-state index in [9.17, 15) is 9.59 Å². The topological polar surface area (TPSA) is 60.9 Å². The van der Waals surface area contributed by atoms with Crippen molar-refractivity contribution in [1.29, 1.82) is 0 Å². The fourth-order valence-electron chi connectivity index (χ4n) is 3.30. The quantitative estimate of drug-likeness (QED) is 0.741. The van der Waals surface area contributed by atoms with E-state index in [1.807, 2.05) is 4.90 Å². The van der Waals surface area contributed by atoms with Gasteiger partial charge in [0, 0.05) is 25.6 Å². The van der Waals surface area contributed by atoms with Crippen molar-refractivity contribution in [2.24, 2.45) is 17.8 Å². The maximum Gasteiger partial charge on any atom is 0.307 e. The largest absolute Gasteiger partial charge is 0.481 e. The number of fused-ring (bicyclic) bond motifs is 1. The van der Waals surface area contributed by atoms with Gasteiger partial charge in [0.15, 0.2) is 0 Å². The van der Waals surface area contributed by atoms with Crippen molar-refractivity contribution in [3.63, 3.8) is 0 Å². The van der Waals surface area contributed by atoms with E-state index in [1.165, 1.54) is 12.8 Å². The second-order valence-corrected chi connectivity index (χ2v) is 5.39. The molecule has 3 atom stereocenters. The molecular formula is C12H18N2O3. The fourth-order valence-corrected chi connectivity index (χ4v) is 3.30. The Bertz CT molecular complexity index is 352. The number of piperidine rings is 1. The SMILES string of the molecule is O=C(O)C1C2CN(CCN3CCCC3)C(=O)C21. The summed E-state index contributed by atoms with van der Waals surface area (Å²) in [6.07, 6.45) is 2.53. The van der Waals surface area contributed by atoms with Crippen LogP contribution in [0.5, 0.6) is 0 Å². The van der Waals surface area contributed by atoms with Crippen molar-refractivity contribution in [3.8, 4) is 0 Å². The molecule has 3 rings (SSSR count). The molecule has 0 aromatic rings. The first-order valence-electron chi connectivity index (χ1n) is 6.42. The number of carboxylic acids is 1. The van der Waals surface area contributed by atoms with Crippen LogP contribution in [0.25, 0.3) is 0 Å². The van der Waals surface area contributed by atoms with Crippen molar-refractivity contribution in [2.45, 2.75) is 12.8 Å². The lowest BCUT2D eigenvalue weighted by Gasteiger charge is -2.23. The predicted molar refractivity (Wildman–Crippen MR) is 60.4 cm³/mol. The van der Waals surface area contributed by atoms with E-state index in [2.05, 4.69) is 4.90 Å². The molecule has 2 heterocycles. The average molecular weight is 238 g/mol. The van der Waals surface area contributed by atoms with Gasteiger partial charge in [0.05, 0.1) is 11.8 Å². The van der Waals surface area contributed by atoms with Crippen molar-refractivity contribution < 1.29 is 14.7 Å². The summed E-state index contributed by atoms with van der Waals surface area (Å²) >= 11 is 0. The Balaban J connectivity index is 1.48. The van der Waals surface area contributed by atoms with E-state index in [-0.39, 0.29) is 23.7 Å². The van der Waals surface area contributed by atoms with Crippen LogP contribution in [0.15, 0.2) is 0 Å². The number of carbonyl (C=O) groups is 2. The molecule has 17 heavy (non-hydrogen) atoms. The Kier molecular flexibility index (Phi) is 2.58. The molecule has 5 nitrogen and oxygen atoms in total. The molecule has 3 fully saturated rings. The van der Waals surface area contributed by atoms with Gasteiger partial charge in [0.25, 0.3) is 0 Å². The van der Waals surface area contributed by atoms with Gasteiger partial charge in [-0.1, -0.05) is 0 Å². The highest BCUT2D eigenvalue weighted by atomic mass is 16.4. The molecule has 3 aliphatic rings. The van der Waals surface area contributed by atoms with Gasteiger partial charge in [0.1, 0.15) is 0 Å². The first kappa shape index (κ1) is 11.0. The van der Waals surface area contributed by atoms with Crippen LogP contribution in [-0.4, -0.2) is 59.5 Å². The number of likely N-dealkylation sites (tertiary alicyclic amines) is 2. The van der Waals surface area contributed by atoms with Gasteiger partial charge in [-0.2, -0.15) is 0 Å². The molecule has 5 heteroatoms. The summed E-state index contributed by atoms with van der Waals surface area (Å²) in [6, 6.07) is 0. The minimum atomic E-state index is -0.799. The second-order valence-electron chi connectivity index (χ2n) is 5.39. The second kappa shape index (κ2) is 3.98. The fraction of sp³-hybridized carbons (Fsp3) is 0.833. The molecule has 1 amide bonds. The molecule has 1 saturated carbocycles. The number of amides is 1. The molecule has 3 unspecified atom stereocenters. The van der Waals surface area contributed by atoms with Crippen LogP contribution < -0.4 is 0 Å². The average Bonchev–Trinajstić information content (AvgIpc) is 2.65. The number of carbonyl (C=O) groups excluding carboxylic acids is 1. The highest BCUT2D eigenvalue weighted by molar-refractivity contribution is 5.93. The molecule has 0 radical (unpaired) electrons. The molecule has 2 saturated heterocycles. The van der Waals surface area contributed by atoms with Crippen molar-refractivity contribution in [2.75, 3.05) is 32.7 Å². The van der Waals surface area contributed by atoms with Crippen LogP contribution in [0, 0.1) is 17.8 Å². The third-order valence-electron chi connectivity index (χ3n) is 4.37. The van der Waals surface area contributed by atoms with Crippen LogP contribution in [-0.2, 0) is 9.59 Å². The molecule has 0 spiro atoms. The minimum Gasteiger partial charge on any atom is -0.481 e. The molecule has 0 bridgehead atoms. The smallest absolute Gasteiger partial charge is 0.307 e. The van der Waals surface area contributed by atoms with Gasteiger partial charge >= 0.3 is 5.97 Å². The zero-order chi connectivity index (χ0) is 12.0. The third kappa shape index (κ3) is 1.82. The summed E-state index contributed by atoms with van der Waals surface area (Å²) in [5.41, 5.74) is 0. The van der Waals surface area contributed by atoms with E-state index >= 15 is 0 Å². The van der Waals surface area contributed by atoms with Gasteiger partial charge in [-0.3, -0.25) is 9.59 Å². The monoisotopic (exact) mass is 238 g/mol. The van der Waals surface area contributed by atoms with Gasteiger partial charge in [-0.15, -0.1) is 0 Å². The molecular weight excluding hydrogens is 220 g/mol. The van der Waals surface area contributed by atoms with Crippen LogP contribution in [0.1, 0.15) is 12.8 Å².